The summed E-state index contributed by atoms with van der Waals surface area (Å²) in [6.45, 7) is 0.0457. The summed E-state index contributed by atoms with van der Waals surface area (Å²) < 4.78 is 11.9. The maximum atomic E-state index is 13.0. The van der Waals surface area contributed by atoms with Crippen molar-refractivity contribution >= 4 is 22.8 Å². The van der Waals surface area contributed by atoms with Crippen molar-refractivity contribution in [3.05, 3.63) is 100 Å². The molecule has 3 aromatic carbocycles. The van der Waals surface area contributed by atoms with Crippen LogP contribution in [0.5, 0.6) is 11.5 Å². The second-order valence-corrected chi connectivity index (χ2v) is 7.32. The molecule has 0 saturated heterocycles. The Morgan fingerprint density at radius 2 is 1.82 bits per heavy atom. The van der Waals surface area contributed by atoms with Gasteiger partial charge in [0.05, 0.1) is 42.9 Å². The second-order valence-electron chi connectivity index (χ2n) is 7.32. The predicted molar refractivity (Wildman–Crippen MR) is 121 cm³/mol. The number of carboxylic acid groups (broad SMARTS) is 1. The molecule has 0 atom stereocenters. The van der Waals surface area contributed by atoms with Crippen LogP contribution in [0.15, 0.2) is 77.9 Å². The number of carboxylic acids is 1. The number of fused-ring (bicyclic) bond motifs is 1. The van der Waals surface area contributed by atoms with Gasteiger partial charge in [0.15, 0.2) is 0 Å². The maximum absolute atomic E-state index is 13.0. The van der Waals surface area contributed by atoms with E-state index in [0.717, 1.165) is 5.56 Å². The smallest absolute Gasteiger partial charge is 0.336 e. The van der Waals surface area contributed by atoms with E-state index in [0.29, 0.717) is 16.8 Å². The zero-order chi connectivity index (χ0) is 23.4. The van der Waals surface area contributed by atoms with Crippen molar-refractivity contribution in [3.63, 3.8) is 0 Å². The van der Waals surface area contributed by atoms with Gasteiger partial charge < -0.3 is 14.6 Å². The van der Waals surface area contributed by atoms with Gasteiger partial charge in [-0.1, -0.05) is 30.3 Å². The lowest BCUT2D eigenvalue weighted by Gasteiger charge is -2.10. The largest absolute Gasteiger partial charge is 0.497 e. The number of aromatic nitrogens is 2. The molecule has 166 valence electrons. The Labute approximate surface area is 188 Å². The third-order valence-electron chi connectivity index (χ3n) is 5.10. The summed E-state index contributed by atoms with van der Waals surface area (Å²) in [4.78, 5) is 41.2. The highest BCUT2D eigenvalue weighted by Crippen LogP contribution is 2.19. The summed E-state index contributed by atoms with van der Waals surface area (Å²) in [5, 5.41) is 9.64. The molecule has 4 rings (SSSR count). The molecule has 0 radical (unpaired) electrons. The van der Waals surface area contributed by atoms with E-state index in [4.69, 9.17) is 9.47 Å². The zero-order valence-corrected chi connectivity index (χ0v) is 17.7. The Morgan fingerprint density at radius 3 is 2.61 bits per heavy atom. The van der Waals surface area contributed by atoms with Crippen LogP contribution in [-0.2, 0) is 17.8 Å². The number of rotatable bonds is 7. The number of carbonyl (C=O) groups is 2. The summed E-state index contributed by atoms with van der Waals surface area (Å²) in [6, 6.07) is 18.2. The first-order chi connectivity index (χ1) is 15.9. The van der Waals surface area contributed by atoms with Gasteiger partial charge in [-0.05, 0) is 47.5 Å². The molecule has 0 aliphatic heterocycles. The Bertz CT molecular complexity index is 1410. The van der Waals surface area contributed by atoms with E-state index >= 15 is 0 Å². The van der Waals surface area contributed by atoms with Gasteiger partial charge >= 0.3 is 11.9 Å². The molecule has 0 fully saturated rings. The number of hydrogen-bond acceptors (Lipinski definition) is 6. The number of benzene rings is 3. The average molecular weight is 444 g/mol. The summed E-state index contributed by atoms with van der Waals surface area (Å²) in [5.41, 5.74) is 1.40. The zero-order valence-electron chi connectivity index (χ0n) is 17.7. The highest BCUT2D eigenvalue weighted by Gasteiger charge is 2.13. The lowest BCUT2D eigenvalue weighted by atomic mass is 10.1. The molecule has 1 aromatic heterocycles. The van der Waals surface area contributed by atoms with E-state index in [-0.39, 0.29) is 35.2 Å². The van der Waals surface area contributed by atoms with Crippen LogP contribution < -0.4 is 15.0 Å². The topological polar surface area (TPSA) is 108 Å². The first-order valence-corrected chi connectivity index (χ1v) is 10.1. The van der Waals surface area contributed by atoms with Crippen molar-refractivity contribution < 1.29 is 24.2 Å². The summed E-state index contributed by atoms with van der Waals surface area (Å²) in [5.74, 6) is -0.695. The van der Waals surface area contributed by atoms with Crippen LogP contribution in [0.2, 0.25) is 0 Å². The van der Waals surface area contributed by atoms with Gasteiger partial charge in [0, 0.05) is 0 Å². The normalized spacial score (nSPS) is 10.7. The van der Waals surface area contributed by atoms with E-state index < -0.39 is 11.9 Å². The Balaban J connectivity index is 1.58. The summed E-state index contributed by atoms with van der Waals surface area (Å²) in [7, 11) is 1.55. The lowest BCUT2D eigenvalue weighted by molar-refractivity contribution is -0.133. The average Bonchev–Trinajstić information content (AvgIpc) is 2.81. The number of ether oxygens (including phenoxy) is 2. The van der Waals surface area contributed by atoms with E-state index in [9.17, 15) is 19.5 Å². The fraction of sp³-hybridized carbons (Fsp3) is 0.120. The van der Waals surface area contributed by atoms with Crippen molar-refractivity contribution in [2.45, 2.75) is 13.0 Å². The molecule has 0 spiro atoms. The molecule has 1 heterocycles. The summed E-state index contributed by atoms with van der Waals surface area (Å²) >= 11 is 0. The van der Waals surface area contributed by atoms with Gasteiger partial charge in [-0.3, -0.25) is 14.2 Å². The molecule has 8 heteroatoms. The van der Waals surface area contributed by atoms with Crippen molar-refractivity contribution in [1.29, 1.82) is 0 Å². The molecular weight excluding hydrogens is 424 g/mol. The molecule has 0 bridgehead atoms. The number of hydrogen-bond donors (Lipinski definition) is 1. The fourth-order valence-electron chi connectivity index (χ4n) is 3.48. The van der Waals surface area contributed by atoms with Crippen LogP contribution in [-0.4, -0.2) is 33.7 Å². The first-order valence-electron chi connectivity index (χ1n) is 10.1. The van der Waals surface area contributed by atoms with Gasteiger partial charge in [-0.25, -0.2) is 9.78 Å². The Kier molecular flexibility index (Phi) is 6.17. The fourth-order valence-corrected chi connectivity index (χ4v) is 3.48. The Hall–Kier alpha value is -4.46. The third-order valence-corrected chi connectivity index (χ3v) is 5.10. The van der Waals surface area contributed by atoms with Gasteiger partial charge in [0.25, 0.3) is 5.56 Å². The minimum atomic E-state index is -1.07. The predicted octanol–water partition coefficient (Wildman–Crippen LogP) is 3.30. The van der Waals surface area contributed by atoms with Crippen molar-refractivity contribution in [1.82, 2.24) is 9.55 Å². The van der Waals surface area contributed by atoms with Crippen LogP contribution in [0.4, 0.5) is 0 Å². The number of methoxy groups -OCH3 is 1. The number of nitrogens with zero attached hydrogens (tertiary/aromatic N) is 2. The highest BCUT2D eigenvalue weighted by atomic mass is 16.5. The van der Waals surface area contributed by atoms with Crippen molar-refractivity contribution in [2.75, 3.05) is 7.11 Å². The number of aromatic carboxylic acids is 1. The van der Waals surface area contributed by atoms with Crippen LogP contribution >= 0.6 is 0 Å². The minimum absolute atomic E-state index is 0.0402. The van der Waals surface area contributed by atoms with Gasteiger partial charge in [-0.2, -0.15) is 0 Å². The van der Waals surface area contributed by atoms with Gasteiger partial charge in [0.1, 0.15) is 11.5 Å². The van der Waals surface area contributed by atoms with Crippen molar-refractivity contribution in [3.8, 4) is 11.5 Å². The molecule has 0 unspecified atom stereocenters. The van der Waals surface area contributed by atoms with Crippen LogP contribution in [0.3, 0.4) is 0 Å². The van der Waals surface area contributed by atoms with E-state index in [1.54, 1.807) is 61.7 Å². The summed E-state index contributed by atoms with van der Waals surface area (Å²) in [6.07, 6.45) is 1.41. The van der Waals surface area contributed by atoms with Crippen molar-refractivity contribution in [2.24, 2.45) is 0 Å². The lowest BCUT2D eigenvalue weighted by Crippen LogP contribution is -2.22. The quantitative estimate of drug-likeness (QED) is 0.344. The highest BCUT2D eigenvalue weighted by molar-refractivity contribution is 5.89. The molecule has 0 saturated carbocycles. The standard InChI is InChI=1S/C25H20N2O6/c1-32-18-7-4-5-16(11-18)12-23(28)33-19-9-10-22-21(13-19)24(29)27(15-26-22)14-17-6-2-3-8-20(17)25(30)31/h2-11,13,15H,12,14H2,1H3,(H,30,31). The number of carbonyl (C=O) groups excluding carboxylic acids is 1. The molecule has 8 nitrogen and oxygen atoms in total. The van der Waals surface area contributed by atoms with E-state index in [2.05, 4.69) is 4.98 Å². The molecule has 4 aromatic rings. The monoisotopic (exact) mass is 444 g/mol. The Morgan fingerprint density at radius 1 is 1.00 bits per heavy atom. The van der Waals surface area contributed by atoms with Crippen LogP contribution in [0, 0.1) is 0 Å². The minimum Gasteiger partial charge on any atom is -0.497 e. The first kappa shape index (κ1) is 21.8. The third kappa shape index (κ3) is 4.90. The van der Waals surface area contributed by atoms with Crippen LogP contribution in [0.25, 0.3) is 10.9 Å². The van der Waals surface area contributed by atoms with Crippen LogP contribution in [0.1, 0.15) is 21.5 Å². The van der Waals surface area contributed by atoms with E-state index in [1.807, 2.05) is 0 Å². The molecular formula is C25H20N2O6. The second kappa shape index (κ2) is 9.35. The molecule has 33 heavy (non-hydrogen) atoms. The maximum Gasteiger partial charge on any atom is 0.336 e. The molecule has 0 aliphatic rings. The van der Waals surface area contributed by atoms with E-state index in [1.165, 1.54) is 23.0 Å². The SMILES string of the molecule is COc1cccc(CC(=O)Oc2ccc3ncn(Cc4ccccc4C(=O)O)c(=O)c3c2)c1. The number of esters is 1. The molecule has 1 N–H and O–H groups in total. The molecule has 0 aliphatic carbocycles. The van der Waals surface area contributed by atoms with Gasteiger partial charge in [0.2, 0.25) is 0 Å². The molecule has 0 amide bonds. The van der Waals surface area contributed by atoms with Gasteiger partial charge in [-0.15, -0.1) is 0 Å².